The number of carbonyl (C=O) groups is 2. The fraction of sp³-hybridized carbons (Fsp3) is 0.701. The lowest BCUT2D eigenvalue weighted by Gasteiger charge is -2.18. The molecule has 5 heteroatoms. The fourth-order valence-corrected chi connectivity index (χ4v) is 8.31. The van der Waals surface area contributed by atoms with E-state index in [9.17, 15) is 9.59 Å². The molecule has 0 aliphatic heterocycles. The van der Waals surface area contributed by atoms with Gasteiger partial charge in [0, 0.05) is 19.4 Å². The van der Waals surface area contributed by atoms with Crippen molar-refractivity contribution in [2.75, 3.05) is 19.8 Å². The van der Waals surface area contributed by atoms with Gasteiger partial charge in [-0.2, -0.15) is 0 Å². The summed E-state index contributed by atoms with van der Waals surface area (Å²) >= 11 is 0. The van der Waals surface area contributed by atoms with Gasteiger partial charge in [-0.15, -0.1) is 0 Å². The number of hydrogen-bond acceptors (Lipinski definition) is 5. The summed E-state index contributed by atoms with van der Waals surface area (Å²) in [5.41, 5.74) is 0. The van der Waals surface area contributed by atoms with Gasteiger partial charge >= 0.3 is 11.9 Å². The van der Waals surface area contributed by atoms with Crippen LogP contribution < -0.4 is 0 Å². The minimum Gasteiger partial charge on any atom is -0.462 e. The molecule has 0 bridgehead atoms. The minimum absolute atomic E-state index is 0.0586. The quantitative estimate of drug-likeness (QED) is 0.0345. The molecule has 0 aromatic carbocycles. The van der Waals surface area contributed by atoms with Crippen LogP contribution in [0.1, 0.15) is 278 Å². The molecular weight excluding hydrogens is 885 g/mol. The zero-order chi connectivity index (χ0) is 52.0. The van der Waals surface area contributed by atoms with Crippen molar-refractivity contribution in [1.29, 1.82) is 0 Å². The van der Waals surface area contributed by atoms with Gasteiger partial charge in [-0.25, -0.2) is 0 Å². The molecule has 1 atom stereocenters. The summed E-state index contributed by atoms with van der Waals surface area (Å²) in [6.07, 6.45) is 85.5. The predicted octanol–water partition coefficient (Wildman–Crippen LogP) is 21.1. The van der Waals surface area contributed by atoms with Gasteiger partial charge in [-0.3, -0.25) is 9.59 Å². The second kappa shape index (κ2) is 61.9. The summed E-state index contributed by atoms with van der Waals surface area (Å²) in [6.45, 7) is 7.57. The molecule has 0 fully saturated rings. The molecular formula is C67H114O5. The zero-order valence-electron chi connectivity index (χ0n) is 47.4. The lowest BCUT2D eigenvalue weighted by Crippen LogP contribution is -2.30. The molecule has 0 saturated heterocycles. The van der Waals surface area contributed by atoms with E-state index in [1.165, 1.54) is 128 Å². The molecule has 0 saturated carbocycles. The first kappa shape index (κ1) is 68.6. The first-order valence-corrected chi connectivity index (χ1v) is 30.4. The van der Waals surface area contributed by atoms with Crippen molar-refractivity contribution < 1.29 is 23.8 Å². The SMILES string of the molecule is CC/C=C\C/C=C\C/C=C\C/C=C\C/C=C\CCCCCC(=O)OCC(COCCCCCCCCCCCC/C=C\CCCCCCCC)OC(=O)CCCCCCCCC/C=C\C/C=C\C/C=C\CC. The molecule has 0 spiro atoms. The summed E-state index contributed by atoms with van der Waals surface area (Å²) < 4.78 is 17.5. The Morgan fingerprint density at radius 3 is 1.03 bits per heavy atom. The molecule has 1 unspecified atom stereocenters. The molecule has 0 N–H and O–H groups in total. The highest BCUT2D eigenvalue weighted by atomic mass is 16.6. The maximum absolute atomic E-state index is 12.9. The van der Waals surface area contributed by atoms with E-state index in [4.69, 9.17) is 14.2 Å². The van der Waals surface area contributed by atoms with Crippen molar-refractivity contribution in [3.8, 4) is 0 Å². The van der Waals surface area contributed by atoms with Crippen molar-refractivity contribution >= 4 is 11.9 Å². The average Bonchev–Trinajstić information content (AvgIpc) is 3.38. The first-order chi connectivity index (χ1) is 35.6. The molecule has 0 heterocycles. The topological polar surface area (TPSA) is 61.8 Å². The molecule has 412 valence electrons. The monoisotopic (exact) mass is 999 g/mol. The Morgan fingerprint density at radius 2 is 0.625 bits per heavy atom. The van der Waals surface area contributed by atoms with Gasteiger partial charge in [0.2, 0.25) is 0 Å². The highest BCUT2D eigenvalue weighted by Gasteiger charge is 2.17. The largest absolute Gasteiger partial charge is 0.462 e. The Kier molecular flexibility index (Phi) is 58.9. The molecule has 0 radical (unpaired) electrons. The maximum Gasteiger partial charge on any atom is 0.306 e. The van der Waals surface area contributed by atoms with Crippen LogP contribution in [0, 0.1) is 0 Å². The van der Waals surface area contributed by atoms with Crippen molar-refractivity contribution in [3.63, 3.8) is 0 Å². The standard InChI is InChI=1S/C67H114O5/c1-4-7-10-13-16-19-22-25-28-31-33-35-38-41-44-47-50-53-56-59-62-70-63-65(72-67(69)61-58-55-52-49-46-43-40-36-30-27-24-21-18-15-12-9-6-3)64-71-66(68)60-57-54-51-48-45-42-39-37-34-32-29-26-23-20-17-14-11-8-5-2/h8-9,11-12,17-18,20-21,25-30,34,37,42,45,65H,4-7,10,13-16,19,22-24,31-33,35-36,38-41,43-44,46-64H2,1-3H3/b11-8-,12-9-,20-17-,21-18-,28-25-,29-26-,30-27-,37-34-,45-42-. The number of ether oxygens (including phenoxy) is 3. The Morgan fingerprint density at radius 1 is 0.319 bits per heavy atom. The van der Waals surface area contributed by atoms with Crippen LogP contribution in [0.3, 0.4) is 0 Å². The van der Waals surface area contributed by atoms with Crippen molar-refractivity contribution in [3.05, 3.63) is 109 Å². The summed E-state index contributed by atoms with van der Waals surface area (Å²) in [5, 5.41) is 0. The van der Waals surface area contributed by atoms with Gasteiger partial charge < -0.3 is 14.2 Å². The summed E-state index contributed by atoms with van der Waals surface area (Å²) in [4.78, 5) is 25.6. The van der Waals surface area contributed by atoms with Gasteiger partial charge in [0.05, 0.1) is 6.61 Å². The number of carbonyl (C=O) groups excluding carboxylic acids is 2. The third-order valence-corrected chi connectivity index (χ3v) is 12.8. The number of allylic oxidation sites excluding steroid dienone is 18. The third kappa shape index (κ3) is 59.1. The van der Waals surface area contributed by atoms with Crippen LogP contribution >= 0.6 is 0 Å². The number of hydrogen-bond donors (Lipinski definition) is 0. The van der Waals surface area contributed by atoms with E-state index < -0.39 is 6.10 Å². The Hall–Kier alpha value is -3.44. The average molecular weight is 1000 g/mol. The lowest BCUT2D eigenvalue weighted by atomic mass is 10.1. The van der Waals surface area contributed by atoms with Crippen molar-refractivity contribution in [2.24, 2.45) is 0 Å². The van der Waals surface area contributed by atoms with E-state index in [-0.39, 0.29) is 25.2 Å². The molecule has 0 amide bonds. The van der Waals surface area contributed by atoms with Crippen LogP contribution in [0.5, 0.6) is 0 Å². The lowest BCUT2D eigenvalue weighted by molar-refractivity contribution is -0.163. The highest BCUT2D eigenvalue weighted by molar-refractivity contribution is 5.70. The Bertz CT molecular complexity index is 1410. The minimum atomic E-state index is -0.564. The van der Waals surface area contributed by atoms with E-state index in [0.29, 0.717) is 19.4 Å². The first-order valence-electron chi connectivity index (χ1n) is 30.4. The van der Waals surface area contributed by atoms with E-state index in [1.54, 1.807) is 0 Å². The van der Waals surface area contributed by atoms with Crippen LogP contribution in [-0.2, 0) is 23.8 Å². The number of rotatable bonds is 55. The van der Waals surface area contributed by atoms with Crippen LogP contribution in [0.4, 0.5) is 0 Å². The second-order valence-electron chi connectivity index (χ2n) is 19.8. The van der Waals surface area contributed by atoms with Gasteiger partial charge in [0.1, 0.15) is 6.61 Å². The van der Waals surface area contributed by atoms with Gasteiger partial charge in [-0.05, 0) is 122 Å². The molecule has 0 aliphatic rings. The van der Waals surface area contributed by atoms with Crippen molar-refractivity contribution in [1.82, 2.24) is 0 Å². The smallest absolute Gasteiger partial charge is 0.306 e. The number of esters is 2. The molecule has 0 aromatic heterocycles. The van der Waals surface area contributed by atoms with E-state index in [2.05, 4.69) is 130 Å². The van der Waals surface area contributed by atoms with E-state index >= 15 is 0 Å². The van der Waals surface area contributed by atoms with Crippen LogP contribution in [-0.4, -0.2) is 37.9 Å². The summed E-state index contributed by atoms with van der Waals surface area (Å²) in [7, 11) is 0. The van der Waals surface area contributed by atoms with Crippen LogP contribution in [0.2, 0.25) is 0 Å². The van der Waals surface area contributed by atoms with Crippen molar-refractivity contribution in [2.45, 2.75) is 284 Å². The maximum atomic E-state index is 12.9. The highest BCUT2D eigenvalue weighted by Crippen LogP contribution is 2.15. The molecule has 0 aliphatic carbocycles. The number of unbranched alkanes of at least 4 members (excludes halogenated alkanes) is 26. The molecule has 0 aromatic rings. The molecule has 0 rings (SSSR count). The molecule has 72 heavy (non-hydrogen) atoms. The van der Waals surface area contributed by atoms with Crippen LogP contribution in [0.15, 0.2) is 109 Å². The Balaban J connectivity index is 4.36. The fourth-order valence-electron chi connectivity index (χ4n) is 8.31. The zero-order valence-corrected chi connectivity index (χ0v) is 47.4. The molecule has 5 nitrogen and oxygen atoms in total. The van der Waals surface area contributed by atoms with Crippen LogP contribution in [0.25, 0.3) is 0 Å². The van der Waals surface area contributed by atoms with E-state index in [0.717, 1.165) is 116 Å². The van der Waals surface area contributed by atoms with E-state index in [1.807, 2.05) is 0 Å². The summed E-state index contributed by atoms with van der Waals surface area (Å²) in [6, 6.07) is 0. The van der Waals surface area contributed by atoms with Gasteiger partial charge in [0.15, 0.2) is 6.10 Å². The predicted molar refractivity (Wildman–Crippen MR) is 316 cm³/mol. The summed E-state index contributed by atoms with van der Waals surface area (Å²) in [5.74, 6) is -0.444. The Labute approximate surface area is 446 Å². The van der Waals surface area contributed by atoms with Gasteiger partial charge in [0.25, 0.3) is 0 Å². The third-order valence-electron chi connectivity index (χ3n) is 12.8. The normalized spacial score (nSPS) is 13.0. The second-order valence-corrected chi connectivity index (χ2v) is 19.8. The van der Waals surface area contributed by atoms with Gasteiger partial charge in [-0.1, -0.05) is 252 Å².